The second kappa shape index (κ2) is 8.21. The predicted molar refractivity (Wildman–Crippen MR) is 92.8 cm³/mol. The second-order valence-corrected chi connectivity index (χ2v) is 5.67. The Balaban J connectivity index is 2.01. The van der Waals surface area contributed by atoms with Crippen molar-refractivity contribution in [1.29, 1.82) is 0 Å². The van der Waals surface area contributed by atoms with Gasteiger partial charge in [-0.25, -0.2) is 0 Å². The Bertz CT molecular complexity index is 804. The van der Waals surface area contributed by atoms with Crippen molar-refractivity contribution in [1.82, 2.24) is 9.97 Å². The van der Waals surface area contributed by atoms with Gasteiger partial charge in [0.15, 0.2) is 5.16 Å². The van der Waals surface area contributed by atoms with Crippen LogP contribution >= 0.6 is 11.8 Å². The fourth-order valence-electron chi connectivity index (χ4n) is 1.93. The number of para-hydroxylation sites is 2. The maximum atomic E-state index is 12.0. The predicted octanol–water partition coefficient (Wildman–Crippen LogP) is 1.94. The summed E-state index contributed by atoms with van der Waals surface area (Å²) in [6.45, 7) is 3.51. The van der Waals surface area contributed by atoms with Crippen molar-refractivity contribution in [3.63, 3.8) is 0 Å². The van der Waals surface area contributed by atoms with Gasteiger partial charge >= 0.3 is 0 Å². The first-order valence-electron chi connectivity index (χ1n) is 7.04. The zero-order valence-corrected chi connectivity index (χ0v) is 13.9. The lowest BCUT2D eigenvalue weighted by atomic mass is 10.2. The number of ether oxygens (including phenoxy) is 1. The van der Waals surface area contributed by atoms with E-state index in [0.717, 1.165) is 11.8 Å². The van der Waals surface area contributed by atoms with Crippen LogP contribution < -0.4 is 15.6 Å². The number of amides is 1. The molecule has 0 unspecified atom stereocenters. The third-order valence-corrected chi connectivity index (χ3v) is 3.91. The molecule has 0 saturated carbocycles. The number of methoxy groups -OCH3 is 1. The van der Waals surface area contributed by atoms with Gasteiger partial charge < -0.3 is 20.1 Å². The van der Waals surface area contributed by atoms with Crippen LogP contribution in [-0.2, 0) is 11.2 Å². The Morgan fingerprint density at radius 1 is 1.50 bits per heavy atom. The quantitative estimate of drug-likeness (QED) is 0.402. The van der Waals surface area contributed by atoms with Crippen LogP contribution in [0.25, 0.3) is 0 Å². The summed E-state index contributed by atoms with van der Waals surface area (Å²) < 4.78 is 5.15. The zero-order chi connectivity index (χ0) is 17.5. The number of hydrogen-bond donors (Lipinski definition) is 3. The van der Waals surface area contributed by atoms with Gasteiger partial charge in [0.2, 0.25) is 11.8 Å². The lowest BCUT2D eigenvalue weighted by Crippen LogP contribution is -2.17. The fraction of sp³-hybridized carbons (Fsp3) is 0.188. The van der Waals surface area contributed by atoms with E-state index in [1.165, 1.54) is 13.2 Å². The Kier molecular flexibility index (Phi) is 6.02. The molecule has 24 heavy (non-hydrogen) atoms. The number of aromatic nitrogens is 2. The van der Waals surface area contributed by atoms with Crippen LogP contribution in [0.15, 0.2) is 46.9 Å². The van der Waals surface area contributed by atoms with Crippen molar-refractivity contribution in [3.8, 4) is 11.6 Å². The molecule has 0 saturated heterocycles. The van der Waals surface area contributed by atoms with Crippen LogP contribution in [0.1, 0.15) is 5.56 Å². The van der Waals surface area contributed by atoms with Gasteiger partial charge in [0.05, 0.1) is 24.1 Å². The first kappa shape index (κ1) is 17.6. The summed E-state index contributed by atoms with van der Waals surface area (Å²) in [7, 11) is 1.52. The number of nitrogens with zero attached hydrogens (tertiary/aromatic N) is 1. The molecule has 0 radical (unpaired) electrons. The summed E-state index contributed by atoms with van der Waals surface area (Å²) in [4.78, 5) is 30.2. The molecule has 3 N–H and O–H groups in total. The summed E-state index contributed by atoms with van der Waals surface area (Å²) in [6, 6.07) is 7.03. The minimum absolute atomic E-state index is 0.0151. The molecular formula is C16H17N3O4S. The van der Waals surface area contributed by atoms with E-state index in [4.69, 9.17) is 4.74 Å². The van der Waals surface area contributed by atoms with Gasteiger partial charge in [-0.2, -0.15) is 4.98 Å². The number of carbonyl (C=O) groups excluding carboxylic acids is 1. The van der Waals surface area contributed by atoms with E-state index in [2.05, 4.69) is 21.9 Å². The molecule has 2 aromatic rings. The van der Waals surface area contributed by atoms with Gasteiger partial charge in [-0.1, -0.05) is 30.0 Å². The average Bonchev–Trinajstić information content (AvgIpc) is 2.57. The molecule has 0 aliphatic rings. The minimum Gasteiger partial charge on any atom is -0.495 e. The van der Waals surface area contributed by atoms with Gasteiger partial charge in [-0.15, -0.1) is 6.58 Å². The fourth-order valence-corrected chi connectivity index (χ4v) is 2.59. The summed E-state index contributed by atoms with van der Waals surface area (Å²) in [6.07, 6.45) is 1.72. The summed E-state index contributed by atoms with van der Waals surface area (Å²) in [5, 5.41) is 12.6. The average molecular weight is 347 g/mol. The molecule has 0 aliphatic heterocycles. The van der Waals surface area contributed by atoms with Crippen LogP contribution in [0.5, 0.6) is 11.6 Å². The molecule has 1 aromatic heterocycles. The number of rotatable bonds is 7. The number of allylic oxidation sites excluding steroid dienone is 1. The molecule has 126 valence electrons. The normalized spacial score (nSPS) is 10.2. The molecule has 1 amide bonds. The van der Waals surface area contributed by atoms with Crippen LogP contribution in [0, 0.1) is 0 Å². The minimum atomic E-state index is -0.449. The van der Waals surface area contributed by atoms with Crippen LogP contribution in [0.3, 0.4) is 0 Å². The molecule has 0 fully saturated rings. The zero-order valence-electron chi connectivity index (χ0n) is 13.0. The number of thioether (sulfide) groups is 1. The van der Waals surface area contributed by atoms with Crippen molar-refractivity contribution in [3.05, 3.63) is 52.8 Å². The third kappa shape index (κ3) is 4.39. The van der Waals surface area contributed by atoms with Gasteiger partial charge in [-0.3, -0.25) is 9.59 Å². The molecule has 2 rings (SSSR count). The van der Waals surface area contributed by atoms with Gasteiger partial charge in [0.25, 0.3) is 5.56 Å². The summed E-state index contributed by atoms with van der Waals surface area (Å²) in [5.41, 5.74) is 0.249. The van der Waals surface area contributed by atoms with E-state index in [1.54, 1.807) is 24.3 Å². The molecule has 8 heteroatoms. The molecule has 0 bridgehead atoms. The highest BCUT2D eigenvalue weighted by Gasteiger charge is 2.12. The van der Waals surface area contributed by atoms with Crippen LogP contribution in [0.2, 0.25) is 0 Å². The number of benzene rings is 1. The molecular weight excluding hydrogens is 330 g/mol. The van der Waals surface area contributed by atoms with Gasteiger partial charge in [0, 0.05) is 6.42 Å². The van der Waals surface area contributed by atoms with Crippen molar-refractivity contribution >= 4 is 23.4 Å². The lowest BCUT2D eigenvalue weighted by molar-refractivity contribution is -0.113. The van der Waals surface area contributed by atoms with E-state index >= 15 is 0 Å². The molecule has 0 aliphatic carbocycles. The van der Waals surface area contributed by atoms with Gasteiger partial charge in [0.1, 0.15) is 5.75 Å². The summed E-state index contributed by atoms with van der Waals surface area (Å²) >= 11 is 1.01. The van der Waals surface area contributed by atoms with Gasteiger partial charge in [-0.05, 0) is 12.1 Å². The number of nitrogens with one attached hydrogen (secondary N) is 2. The highest BCUT2D eigenvalue weighted by molar-refractivity contribution is 7.99. The second-order valence-electron chi connectivity index (χ2n) is 4.70. The maximum absolute atomic E-state index is 12.0. The van der Waals surface area contributed by atoms with Crippen molar-refractivity contribution in [2.45, 2.75) is 11.6 Å². The molecule has 0 spiro atoms. The first-order chi connectivity index (χ1) is 11.5. The van der Waals surface area contributed by atoms with Crippen LogP contribution in [-0.4, -0.2) is 33.8 Å². The number of aromatic hydroxyl groups is 1. The molecule has 0 atom stereocenters. The Morgan fingerprint density at radius 2 is 2.25 bits per heavy atom. The molecule has 1 aromatic carbocycles. The number of aromatic amines is 1. The number of carbonyl (C=O) groups is 1. The van der Waals surface area contributed by atoms with E-state index in [0.29, 0.717) is 11.4 Å². The smallest absolute Gasteiger partial charge is 0.258 e. The van der Waals surface area contributed by atoms with Crippen molar-refractivity contribution in [2.24, 2.45) is 0 Å². The van der Waals surface area contributed by atoms with Crippen LogP contribution in [0.4, 0.5) is 5.69 Å². The van der Waals surface area contributed by atoms with E-state index < -0.39 is 5.56 Å². The molecule has 7 nitrogen and oxygen atoms in total. The lowest BCUT2D eigenvalue weighted by Gasteiger charge is -2.09. The highest BCUT2D eigenvalue weighted by atomic mass is 32.2. The standard InChI is InChI=1S/C16H17N3O4S/c1-3-6-10-14(21)18-16(19-15(10)22)24-9-13(20)17-11-7-4-5-8-12(11)23-2/h3-5,7-8H,1,6,9H2,2H3,(H,17,20)(H2,18,19,21,22). The first-order valence-corrected chi connectivity index (χ1v) is 8.02. The highest BCUT2D eigenvalue weighted by Crippen LogP contribution is 2.23. The Hall–Kier alpha value is -2.74. The largest absolute Gasteiger partial charge is 0.495 e. The monoisotopic (exact) mass is 347 g/mol. The van der Waals surface area contributed by atoms with E-state index in [-0.39, 0.29) is 34.7 Å². The van der Waals surface area contributed by atoms with Crippen molar-refractivity contribution in [2.75, 3.05) is 18.2 Å². The Morgan fingerprint density at radius 3 is 2.92 bits per heavy atom. The third-order valence-electron chi connectivity index (χ3n) is 3.04. The SMILES string of the molecule is C=CCc1c(O)nc(SCC(=O)Nc2ccccc2OC)[nH]c1=O. The Labute approximate surface area is 142 Å². The topological polar surface area (TPSA) is 104 Å². The number of H-pyrrole nitrogens is 1. The van der Waals surface area contributed by atoms with Crippen molar-refractivity contribution < 1.29 is 14.6 Å². The van der Waals surface area contributed by atoms with E-state index in [1.807, 2.05) is 0 Å². The number of hydrogen-bond acceptors (Lipinski definition) is 6. The number of anilines is 1. The summed E-state index contributed by atoms with van der Waals surface area (Å²) in [5.74, 6) is -0.0804. The molecule has 1 heterocycles. The van der Waals surface area contributed by atoms with E-state index in [9.17, 15) is 14.7 Å². The maximum Gasteiger partial charge on any atom is 0.258 e.